The van der Waals surface area contributed by atoms with Crippen molar-refractivity contribution < 1.29 is 53.1 Å². The van der Waals surface area contributed by atoms with Gasteiger partial charge in [0, 0.05) is 25.2 Å². The van der Waals surface area contributed by atoms with Crippen LogP contribution < -0.4 is 0 Å². The second-order valence-corrected chi connectivity index (χ2v) is 17.3. The molecule has 0 amide bonds. The molecule has 6 aliphatic carbocycles. The molecule has 12 unspecified atom stereocenters. The number of fused-ring (bicyclic) bond motifs is 5. The van der Waals surface area contributed by atoms with Crippen molar-refractivity contribution in [3.05, 3.63) is 0 Å². The molecule has 2 aliphatic heterocycles. The van der Waals surface area contributed by atoms with E-state index in [0.29, 0.717) is 32.3 Å². The minimum absolute atomic E-state index is 0.00138. The molecule has 0 aromatic carbocycles. The van der Waals surface area contributed by atoms with Gasteiger partial charge in [0.2, 0.25) is 0 Å². The number of hydrogen-bond acceptors (Lipinski definition) is 11. The van der Waals surface area contributed by atoms with Crippen molar-refractivity contribution in [2.75, 3.05) is 6.61 Å². The summed E-state index contributed by atoms with van der Waals surface area (Å²) in [5, 5.41) is 22.6. The van der Waals surface area contributed by atoms with Gasteiger partial charge < -0.3 is 29.2 Å². The summed E-state index contributed by atoms with van der Waals surface area (Å²) in [7, 11) is 0. The van der Waals surface area contributed by atoms with Crippen LogP contribution in [0.15, 0.2) is 0 Å². The Morgan fingerprint density at radius 2 is 1.59 bits per heavy atom. The molecule has 2 N–H and O–H groups in total. The molecule has 2 heterocycles. The van der Waals surface area contributed by atoms with Crippen molar-refractivity contribution in [2.24, 2.45) is 65.1 Å². The third-order valence-corrected chi connectivity index (χ3v) is 12.8. The number of rotatable bonds is 8. The Kier molecular flexibility index (Phi) is 7.30. The molecular formula is C35H48O11. The molecule has 0 radical (unpaired) electrons. The maximum Gasteiger partial charge on any atom is 0.318 e. The van der Waals surface area contributed by atoms with Crippen LogP contribution >= 0.6 is 0 Å². The Morgan fingerprint density at radius 1 is 0.913 bits per heavy atom. The van der Waals surface area contributed by atoms with Gasteiger partial charge in [-0.2, -0.15) is 0 Å². The van der Waals surface area contributed by atoms with E-state index in [4.69, 9.17) is 18.9 Å². The summed E-state index contributed by atoms with van der Waals surface area (Å²) in [6.07, 6.45) is 3.42. The monoisotopic (exact) mass is 644 g/mol. The molecule has 2 saturated heterocycles. The summed E-state index contributed by atoms with van der Waals surface area (Å²) in [5.41, 5.74) is -4.18. The highest BCUT2D eigenvalue weighted by molar-refractivity contribution is 5.98. The van der Waals surface area contributed by atoms with Gasteiger partial charge in [0.15, 0.2) is 0 Å². The molecule has 6 saturated carbocycles. The number of hydrogen-bond donors (Lipinski definition) is 2. The lowest BCUT2D eigenvalue weighted by Gasteiger charge is -2.62. The van der Waals surface area contributed by atoms with Gasteiger partial charge in [0.25, 0.3) is 0 Å². The molecule has 6 bridgehead atoms. The molecule has 8 aliphatic rings. The molecule has 0 aromatic heterocycles. The van der Waals surface area contributed by atoms with Gasteiger partial charge in [-0.1, -0.05) is 13.8 Å². The highest BCUT2D eigenvalue weighted by Crippen LogP contribution is 2.63. The highest BCUT2D eigenvalue weighted by atomic mass is 16.6. The van der Waals surface area contributed by atoms with Gasteiger partial charge in [-0.3, -0.25) is 24.0 Å². The Hall–Kier alpha value is -2.53. The highest BCUT2D eigenvalue weighted by Gasteiger charge is 2.66. The molecule has 11 nitrogen and oxygen atoms in total. The number of carbonyl (C=O) groups excluding carboxylic acids is 5. The maximum atomic E-state index is 14.4. The summed E-state index contributed by atoms with van der Waals surface area (Å²) < 4.78 is 22.6. The standard InChI is InChI=1S/C35H48O11/c1-16-20(22-8-21(16)26-24(22)12-43-30(26)39)6-19(28(37)45-32(3,4)5)7-23(25-17(2)27(36)44-31(25)40)29(38)46-35-11-18-9-33(41,14-35)13-34(42,10-18)15-35/h16-26,41-42H,6-15H2,1-5H3. The molecule has 12 atom stereocenters. The molecule has 11 heteroatoms. The normalized spacial score (nSPS) is 46.6. The third kappa shape index (κ3) is 5.28. The van der Waals surface area contributed by atoms with Crippen molar-refractivity contribution in [3.63, 3.8) is 0 Å². The topological polar surface area (TPSA) is 163 Å². The van der Waals surface area contributed by atoms with E-state index in [1.165, 1.54) is 0 Å². The van der Waals surface area contributed by atoms with E-state index in [0.717, 1.165) is 6.42 Å². The predicted octanol–water partition coefficient (Wildman–Crippen LogP) is 3.11. The van der Waals surface area contributed by atoms with Crippen molar-refractivity contribution in [1.29, 1.82) is 0 Å². The molecule has 0 spiro atoms. The zero-order valence-corrected chi connectivity index (χ0v) is 27.5. The summed E-state index contributed by atoms with van der Waals surface area (Å²) in [6.45, 7) is 9.38. The predicted molar refractivity (Wildman–Crippen MR) is 158 cm³/mol. The van der Waals surface area contributed by atoms with Crippen molar-refractivity contribution >= 4 is 29.8 Å². The van der Waals surface area contributed by atoms with Crippen molar-refractivity contribution in [3.8, 4) is 0 Å². The van der Waals surface area contributed by atoms with Crippen LogP contribution in [0, 0.1) is 65.1 Å². The van der Waals surface area contributed by atoms with E-state index < -0.39 is 70.0 Å². The van der Waals surface area contributed by atoms with Gasteiger partial charge in [-0.05, 0) is 88.9 Å². The van der Waals surface area contributed by atoms with Crippen LogP contribution in [0.2, 0.25) is 0 Å². The molecule has 254 valence electrons. The lowest BCUT2D eigenvalue weighted by Crippen LogP contribution is -2.67. The van der Waals surface area contributed by atoms with Crippen LogP contribution in [0.4, 0.5) is 0 Å². The van der Waals surface area contributed by atoms with E-state index >= 15 is 0 Å². The number of ether oxygens (including phenoxy) is 4. The van der Waals surface area contributed by atoms with Crippen molar-refractivity contribution in [2.45, 2.75) is 115 Å². The molecule has 0 aromatic rings. The van der Waals surface area contributed by atoms with E-state index in [1.807, 2.05) is 0 Å². The van der Waals surface area contributed by atoms with Crippen LogP contribution in [-0.2, 0) is 42.9 Å². The first-order valence-electron chi connectivity index (χ1n) is 17.2. The second kappa shape index (κ2) is 10.5. The van der Waals surface area contributed by atoms with Crippen molar-refractivity contribution in [1.82, 2.24) is 0 Å². The van der Waals surface area contributed by atoms with Crippen LogP contribution in [0.1, 0.15) is 92.4 Å². The van der Waals surface area contributed by atoms with Gasteiger partial charge in [0.1, 0.15) is 11.2 Å². The minimum Gasteiger partial charge on any atom is -0.465 e. The molecule has 46 heavy (non-hydrogen) atoms. The van der Waals surface area contributed by atoms with Crippen LogP contribution in [-0.4, -0.2) is 69.1 Å². The van der Waals surface area contributed by atoms with E-state index in [-0.39, 0.29) is 73.1 Å². The van der Waals surface area contributed by atoms with Crippen LogP contribution in [0.25, 0.3) is 0 Å². The Morgan fingerprint density at radius 3 is 2.17 bits per heavy atom. The first kappa shape index (κ1) is 32.0. The summed E-state index contributed by atoms with van der Waals surface area (Å²) >= 11 is 0. The Labute approximate surface area is 269 Å². The number of cyclic esters (lactones) is 3. The Bertz CT molecular complexity index is 1330. The van der Waals surface area contributed by atoms with E-state index in [9.17, 15) is 34.2 Å². The quantitative estimate of drug-likeness (QED) is 0.227. The fourth-order valence-electron chi connectivity index (χ4n) is 11.7. The summed E-state index contributed by atoms with van der Waals surface area (Å²) in [5.74, 6) is -6.32. The fourth-order valence-corrected chi connectivity index (χ4v) is 11.7. The second-order valence-electron chi connectivity index (χ2n) is 17.3. The van der Waals surface area contributed by atoms with E-state index in [2.05, 4.69) is 6.92 Å². The van der Waals surface area contributed by atoms with Gasteiger partial charge >= 0.3 is 29.8 Å². The van der Waals surface area contributed by atoms with Gasteiger partial charge in [-0.15, -0.1) is 0 Å². The van der Waals surface area contributed by atoms with E-state index in [1.54, 1.807) is 27.7 Å². The van der Waals surface area contributed by atoms with Crippen LogP contribution in [0.5, 0.6) is 0 Å². The lowest BCUT2D eigenvalue weighted by molar-refractivity contribution is -0.263. The summed E-state index contributed by atoms with van der Waals surface area (Å²) in [6, 6.07) is 0. The first-order chi connectivity index (χ1) is 21.4. The van der Waals surface area contributed by atoms with Gasteiger partial charge in [-0.25, -0.2) is 0 Å². The zero-order valence-electron chi connectivity index (χ0n) is 27.5. The number of carbonyl (C=O) groups is 5. The summed E-state index contributed by atoms with van der Waals surface area (Å²) in [4.78, 5) is 66.5. The number of aliphatic hydroxyl groups is 2. The Balaban J connectivity index is 1.18. The molecule has 8 rings (SSSR count). The number of esters is 5. The zero-order chi connectivity index (χ0) is 33.1. The average molecular weight is 645 g/mol. The SMILES string of the molecule is CC1C(=O)OC(=O)C1C(CC(CC1C(C)C2CC1C1COC(=O)C21)C(=O)OC(C)(C)C)C(=O)OC12CC3CC(O)(CC(O)(C3)C1)C2. The molecular weight excluding hydrogens is 596 g/mol. The average Bonchev–Trinajstić information content (AvgIpc) is 3.61. The maximum absolute atomic E-state index is 14.4. The smallest absolute Gasteiger partial charge is 0.318 e. The molecule has 8 fully saturated rings. The largest absolute Gasteiger partial charge is 0.465 e. The minimum atomic E-state index is -1.18. The van der Waals surface area contributed by atoms with Crippen LogP contribution in [0.3, 0.4) is 0 Å². The first-order valence-corrected chi connectivity index (χ1v) is 17.2. The fraction of sp³-hybridized carbons (Fsp3) is 0.857. The third-order valence-electron chi connectivity index (χ3n) is 12.8. The lowest BCUT2D eigenvalue weighted by atomic mass is 9.50. The van der Waals surface area contributed by atoms with Gasteiger partial charge in [0.05, 0.1) is 47.4 Å².